The summed E-state index contributed by atoms with van der Waals surface area (Å²) in [6.07, 6.45) is 2.48. The Morgan fingerprint density at radius 1 is 1.24 bits per heavy atom. The highest BCUT2D eigenvalue weighted by Gasteiger charge is 2.28. The van der Waals surface area contributed by atoms with Crippen molar-refractivity contribution in [3.63, 3.8) is 0 Å². The van der Waals surface area contributed by atoms with E-state index in [1.165, 1.54) is 0 Å². The highest BCUT2D eigenvalue weighted by molar-refractivity contribution is 7.89. The molecule has 8 heteroatoms. The molecule has 1 aliphatic rings. The Labute approximate surface area is 122 Å². The molecule has 0 heterocycles. The molecule has 1 saturated carbocycles. The Morgan fingerprint density at radius 3 is 2.38 bits per heavy atom. The molecule has 0 spiro atoms. The van der Waals surface area contributed by atoms with Crippen molar-refractivity contribution in [2.75, 3.05) is 12.3 Å². The standard InChI is InChI=1S/C13H18F2N2O3S/c14-10-5-9(16)6-11(15)13(10)21(19,20)17-7-8-3-1-2-4-12(8)18/h5-6,8,12,17-18H,1-4,7,16H2. The van der Waals surface area contributed by atoms with E-state index in [1.807, 2.05) is 0 Å². The van der Waals surface area contributed by atoms with E-state index in [2.05, 4.69) is 4.72 Å². The Kier molecular flexibility index (Phi) is 4.80. The summed E-state index contributed by atoms with van der Waals surface area (Å²) >= 11 is 0. The molecule has 118 valence electrons. The van der Waals surface area contributed by atoms with Gasteiger partial charge in [-0.3, -0.25) is 0 Å². The van der Waals surface area contributed by atoms with Crippen molar-refractivity contribution in [2.24, 2.45) is 5.92 Å². The molecule has 4 N–H and O–H groups in total. The van der Waals surface area contributed by atoms with E-state index in [-0.39, 0.29) is 18.2 Å². The lowest BCUT2D eigenvalue weighted by atomic mass is 9.87. The number of aliphatic hydroxyl groups is 1. The fourth-order valence-corrected chi connectivity index (χ4v) is 3.76. The summed E-state index contributed by atoms with van der Waals surface area (Å²) in [5.74, 6) is -2.71. The van der Waals surface area contributed by atoms with Gasteiger partial charge in [-0.2, -0.15) is 0 Å². The Balaban J connectivity index is 2.15. The van der Waals surface area contributed by atoms with Crippen molar-refractivity contribution in [1.82, 2.24) is 4.72 Å². The van der Waals surface area contributed by atoms with Gasteiger partial charge >= 0.3 is 0 Å². The number of nitrogens with one attached hydrogen (secondary N) is 1. The molecule has 1 aliphatic carbocycles. The van der Waals surface area contributed by atoms with Gasteiger partial charge in [-0.15, -0.1) is 0 Å². The molecular formula is C13H18F2N2O3S. The second-order valence-corrected chi connectivity index (χ2v) is 6.98. The van der Waals surface area contributed by atoms with Crippen LogP contribution in [0.25, 0.3) is 0 Å². The maximum absolute atomic E-state index is 13.7. The van der Waals surface area contributed by atoms with Crippen molar-refractivity contribution in [1.29, 1.82) is 0 Å². The van der Waals surface area contributed by atoms with Crippen LogP contribution in [0.4, 0.5) is 14.5 Å². The lowest BCUT2D eigenvalue weighted by Crippen LogP contribution is -2.37. The third-order valence-corrected chi connectivity index (χ3v) is 5.17. The number of nitrogen functional groups attached to an aromatic ring is 1. The highest BCUT2D eigenvalue weighted by Crippen LogP contribution is 2.25. The highest BCUT2D eigenvalue weighted by atomic mass is 32.2. The third kappa shape index (κ3) is 3.69. The van der Waals surface area contributed by atoms with E-state index >= 15 is 0 Å². The first-order valence-electron chi connectivity index (χ1n) is 6.73. The minimum atomic E-state index is -4.33. The van der Waals surface area contributed by atoms with Gasteiger partial charge in [0.1, 0.15) is 11.6 Å². The third-order valence-electron chi connectivity index (χ3n) is 3.69. The van der Waals surface area contributed by atoms with E-state index in [1.54, 1.807) is 0 Å². The molecule has 2 rings (SSSR count). The molecule has 2 unspecified atom stereocenters. The van der Waals surface area contributed by atoms with Gasteiger partial charge in [-0.25, -0.2) is 21.9 Å². The molecule has 1 aromatic rings. The van der Waals surface area contributed by atoms with Crippen LogP contribution in [0, 0.1) is 17.6 Å². The molecule has 21 heavy (non-hydrogen) atoms. The quantitative estimate of drug-likeness (QED) is 0.731. The predicted molar refractivity (Wildman–Crippen MR) is 73.9 cm³/mol. The average Bonchev–Trinajstić information content (AvgIpc) is 2.36. The number of rotatable bonds is 4. The van der Waals surface area contributed by atoms with Crippen LogP contribution in [0.3, 0.4) is 0 Å². The summed E-state index contributed by atoms with van der Waals surface area (Å²) in [6, 6.07) is 1.51. The van der Waals surface area contributed by atoms with E-state index in [0.717, 1.165) is 25.0 Å². The minimum Gasteiger partial charge on any atom is -0.399 e. The maximum atomic E-state index is 13.7. The zero-order valence-electron chi connectivity index (χ0n) is 11.4. The summed E-state index contributed by atoms with van der Waals surface area (Å²) < 4.78 is 53.5. The molecule has 0 radical (unpaired) electrons. The molecule has 0 amide bonds. The fraction of sp³-hybridized carbons (Fsp3) is 0.538. The SMILES string of the molecule is Nc1cc(F)c(S(=O)(=O)NCC2CCCCC2O)c(F)c1. The Hall–Kier alpha value is -1.25. The predicted octanol–water partition coefficient (Wildman–Crippen LogP) is 1.38. The second kappa shape index (κ2) is 6.25. The lowest BCUT2D eigenvalue weighted by Gasteiger charge is -2.27. The molecule has 1 fully saturated rings. The summed E-state index contributed by atoms with van der Waals surface area (Å²) in [5, 5.41) is 9.78. The molecule has 0 bridgehead atoms. The molecule has 5 nitrogen and oxygen atoms in total. The van der Waals surface area contributed by atoms with Crippen LogP contribution in [0.1, 0.15) is 25.7 Å². The van der Waals surface area contributed by atoms with Crippen molar-refractivity contribution in [3.8, 4) is 0 Å². The largest absolute Gasteiger partial charge is 0.399 e. The van der Waals surface area contributed by atoms with E-state index in [0.29, 0.717) is 12.8 Å². The molecule has 1 aromatic carbocycles. The Morgan fingerprint density at radius 2 is 1.81 bits per heavy atom. The molecule has 0 saturated heterocycles. The van der Waals surface area contributed by atoms with E-state index in [4.69, 9.17) is 5.73 Å². The van der Waals surface area contributed by atoms with E-state index in [9.17, 15) is 22.3 Å². The number of aliphatic hydroxyl groups excluding tert-OH is 1. The lowest BCUT2D eigenvalue weighted by molar-refractivity contribution is 0.0724. The first-order valence-corrected chi connectivity index (χ1v) is 8.22. The number of halogens is 2. The topological polar surface area (TPSA) is 92.4 Å². The maximum Gasteiger partial charge on any atom is 0.246 e. The molecule has 0 aliphatic heterocycles. The van der Waals surface area contributed by atoms with Gasteiger partial charge in [0.05, 0.1) is 6.10 Å². The van der Waals surface area contributed by atoms with Gasteiger partial charge in [0.2, 0.25) is 10.0 Å². The van der Waals surface area contributed by atoms with Crippen LogP contribution >= 0.6 is 0 Å². The first kappa shape index (κ1) is 16.1. The van der Waals surface area contributed by atoms with Crippen LogP contribution in [0.5, 0.6) is 0 Å². The van der Waals surface area contributed by atoms with Crippen LogP contribution < -0.4 is 10.5 Å². The monoisotopic (exact) mass is 320 g/mol. The Bertz CT molecular complexity index is 599. The van der Waals surface area contributed by atoms with Crippen molar-refractivity contribution in [2.45, 2.75) is 36.7 Å². The van der Waals surface area contributed by atoms with Gasteiger partial charge < -0.3 is 10.8 Å². The van der Waals surface area contributed by atoms with Gasteiger partial charge in [0.25, 0.3) is 0 Å². The average molecular weight is 320 g/mol. The number of hydrogen-bond donors (Lipinski definition) is 3. The first-order chi connectivity index (χ1) is 9.81. The van der Waals surface area contributed by atoms with Crippen LogP contribution in [-0.4, -0.2) is 26.2 Å². The van der Waals surface area contributed by atoms with Crippen LogP contribution in [0.2, 0.25) is 0 Å². The van der Waals surface area contributed by atoms with Crippen LogP contribution in [0.15, 0.2) is 17.0 Å². The molecule has 0 aromatic heterocycles. The second-order valence-electron chi connectivity index (χ2n) is 5.28. The van der Waals surface area contributed by atoms with Crippen LogP contribution in [-0.2, 0) is 10.0 Å². The molecular weight excluding hydrogens is 302 g/mol. The fourth-order valence-electron chi connectivity index (χ4n) is 2.55. The van der Waals surface area contributed by atoms with Crippen molar-refractivity contribution < 1.29 is 22.3 Å². The number of anilines is 1. The summed E-state index contributed by atoms with van der Waals surface area (Å²) in [5.41, 5.74) is 5.06. The number of nitrogens with two attached hydrogens (primary N) is 1. The van der Waals surface area contributed by atoms with Gasteiger partial charge in [0, 0.05) is 12.2 Å². The number of benzene rings is 1. The van der Waals surface area contributed by atoms with Crippen molar-refractivity contribution >= 4 is 15.7 Å². The summed E-state index contributed by atoms with van der Waals surface area (Å²) in [6.45, 7) is -0.0489. The number of hydrogen-bond acceptors (Lipinski definition) is 4. The zero-order chi connectivity index (χ0) is 15.6. The minimum absolute atomic E-state index is 0.0489. The zero-order valence-corrected chi connectivity index (χ0v) is 12.2. The number of sulfonamides is 1. The normalized spacial score (nSPS) is 23.2. The van der Waals surface area contributed by atoms with E-state index < -0.39 is 32.7 Å². The molecule has 2 atom stereocenters. The smallest absolute Gasteiger partial charge is 0.246 e. The van der Waals surface area contributed by atoms with Gasteiger partial charge in [0.15, 0.2) is 4.90 Å². The van der Waals surface area contributed by atoms with Gasteiger partial charge in [-0.05, 0) is 30.9 Å². The van der Waals surface area contributed by atoms with Crippen molar-refractivity contribution in [3.05, 3.63) is 23.8 Å². The summed E-state index contributed by atoms with van der Waals surface area (Å²) in [7, 11) is -4.33. The van der Waals surface area contributed by atoms with Gasteiger partial charge in [-0.1, -0.05) is 12.8 Å². The summed E-state index contributed by atoms with van der Waals surface area (Å²) in [4.78, 5) is -1.04.